The molecule has 0 bridgehead atoms. The number of nitrogens with one attached hydrogen (secondary N) is 2. The van der Waals surface area contributed by atoms with E-state index in [1.165, 1.54) is 20.0 Å². The number of rotatable bonds is 7. The zero-order valence-electron chi connectivity index (χ0n) is 18.5. The Kier molecular flexibility index (Phi) is 7.44. The maximum absolute atomic E-state index is 12.8. The van der Waals surface area contributed by atoms with E-state index in [1.54, 1.807) is 17.0 Å². The molecule has 1 aromatic carbocycles. The summed E-state index contributed by atoms with van der Waals surface area (Å²) in [6.07, 6.45) is 1.26. The number of amides is 2. The molecule has 0 unspecified atom stereocenters. The van der Waals surface area contributed by atoms with E-state index in [0.717, 1.165) is 10.3 Å². The SMILES string of the molecule is CC(=O)c1ccc(N2CCN(C(=O)[C@H](CO)NC(=O)Cn3cc(C)c(=O)[nH]c3=O)CC2)cc1. The van der Waals surface area contributed by atoms with Crippen LogP contribution < -0.4 is 21.5 Å². The number of carbonyl (C=O) groups is 3. The van der Waals surface area contributed by atoms with Crippen molar-refractivity contribution >= 4 is 23.3 Å². The molecular formula is C22H27N5O6. The second-order valence-electron chi connectivity index (χ2n) is 7.92. The monoisotopic (exact) mass is 457 g/mol. The molecule has 0 aliphatic carbocycles. The number of anilines is 1. The Hall–Kier alpha value is -3.73. The van der Waals surface area contributed by atoms with Crippen LogP contribution in [0.15, 0.2) is 40.1 Å². The number of Topliss-reactive ketones (excluding diaryl/α,β-unsaturated/α-hetero) is 1. The van der Waals surface area contributed by atoms with Crippen LogP contribution in [-0.2, 0) is 16.1 Å². The predicted octanol–water partition coefficient (Wildman–Crippen LogP) is -1.13. The molecule has 0 spiro atoms. The Morgan fingerprint density at radius 3 is 2.30 bits per heavy atom. The molecular weight excluding hydrogens is 430 g/mol. The van der Waals surface area contributed by atoms with Gasteiger partial charge in [-0.1, -0.05) is 0 Å². The number of aromatic nitrogens is 2. The van der Waals surface area contributed by atoms with Crippen molar-refractivity contribution in [2.75, 3.05) is 37.7 Å². The topological polar surface area (TPSA) is 145 Å². The quantitative estimate of drug-likeness (QED) is 0.446. The van der Waals surface area contributed by atoms with E-state index in [1.807, 2.05) is 12.1 Å². The molecule has 1 saturated heterocycles. The summed E-state index contributed by atoms with van der Waals surface area (Å²) in [5.41, 5.74) is 0.578. The number of piperazine rings is 1. The average molecular weight is 457 g/mol. The maximum Gasteiger partial charge on any atom is 0.328 e. The van der Waals surface area contributed by atoms with E-state index < -0.39 is 42.3 Å². The van der Waals surface area contributed by atoms with Crippen molar-refractivity contribution in [3.05, 3.63) is 62.4 Å². The van der Waals surface area contributed by atoms with Crippen LogP contribution in [0.3, 0.4) is 0 Å². The number of benzene rings is 1. The minimum atomic E-state index is -1.14. The molecule has 176 valence electrons. The van der Waals surface area contributed by atoms with Crippen LogP contribution in [-0.4, -0.2) is 76.0 Å². The number of aryl methyl sites for hydroxylation is 1. The zero-order valence-corrected chi connectivity index (χ0v) is 18.5. The standard InChI is InChI=1S/C22H27N5O6/c1-14-11-27(22(33)24-20(14)31)12-19(30)23-18(13-28)21(32)26-9-7-25(8-10-26)17-5-3-16(4-6-17)15(2)29/h3-6,11,18,28H,7-10,12-13H2,1-2H3,(H,23,30)(H,24,31,33)/t18-/m0/s1. The third-order valence-corrected chi connectivity index (χ3v) is 5.55. The first-order valence-electron chi connectivity index (χ1n) is 10.5. The molecule has 2 amide bonds. The summed E-state index contributed by atoms with van der Waals surface area (Å²) in [6.45, 7) is 3.95. The molecule has 1 atom stereocenters. The second-order valence-corrected chi connectivity index (χ2v) is 7.92. The summed E-state index contributed by atoms with van der Waals surface area (Å²) in [6, 6.07) is 6.12. The molecule has 1 fully saturated rings. The van der Waals surface area contributed by atoms with Crippen molar-refractivity contribution in [3.8, 4) is 0 Å². The fourth-order valence-electron chi connectivity index (χ4n) is 3.63. The van der Waals surface area contributed by atoms with Gasteiger partial charge < -0.3 is 20.2 Å². The Morgan fingerprint density at radius 1 is 1.09 bits per heavy atom. The summed E-state index contributed by atoms with van der Waals surface area (Å²) < 4.78 is 1.03. The number of aliphatic hydroxyl groups excluding tert-OH is 1. The van der Waals surface area contributed by atoms with Gasteiger partial charge in [0.05, 0.1) is 6.61 Å². The first-order valence-corrected chi connectivity index (χ1v) is 10.5. The van der Waals surface area contributed by atoms with Gasteiger partial charge in [-0.25, -0.2) is 4.79 Å². The normalized spacial score (nSPS) is 14.6. The molecule has 1 aliphatic heterocycles. The van der Waals surface area contributed by atoms with Gasteiger partial charge in [0, 0.05) is 49.2 Å². The van der Waals surface area contributed by atoms with E-state index in [2.05, 4.69) is 15.2 Å². The van der Waals surface area contributed by atoms with Crippen LogP contribution in [0.5, 0.6) is 0 Å². The van der Waals surface area contributed by atoms with Crippen LogP contribution in [0.1, 0.15) is 22.8 Å². The first kappa shape index (κ1) is 23.9. The van der Waals surface area contributed by atoms with Gasteiger partial charge in [0.1, 0.15) is 12.6 Å². The lowest BCUT2D eigenvalue weighted by molar-refractivity contribution is -0.138. The lowest BCUT2D eigenvalue weighted by atomic mass is 10.1. The number of aromatic amines is 1. The predicted molar refractivity (Wildman–Crippen MR) is 120 cm³/mol. The lowest BCUT2D eigenvalue weighted by Crippen LogP contribution is -2.56. The average Bonchev–Trinajstić information content (AvgIpc) is 2.80. The van der Waals surface area contributed by atoms with Crippen LogP contribution in [0, 0.1) is 6.92 Å². The molecule has 1 aliphatic rings. The van der Waals surface area contributed by atoms with Crippen molar-refractivity contribution in [2.24, 2.45) is 0 Å². The fourth-order valence-corrected chi connectivity index (χ4v) is 3.63. The molecule has 11 nitrogen and oxygen atoms in total. The molecule has 0 saturated carbocycles. The van der Waals surface area contributed by atoms with Gasteiger partial charge in [-0.05, 0) is 38.1 Å². The van der Waals surface area contributed by atoms with E-state index >= 15 is 0 Å². The molecule has 1 aromatic heterocycles. The van der Waals surface area contributed by atoms with Gasteiger partial charge in [-0.2, -0.15) is 0 Å². The molecule has 0 radical (unpaired) electrons. The number of ketones is 1. The van der Waals surface area contributed by atoms with Crippen molar-refractivity contribution in [2.45, 2.75) is 26.4 Å². The lowest BCUT2D eigenvalue weighted by Gasteiger charge is -2.37. The van der Waals surface area contributed by atoms with Gasteiger partial charge in [-0.15, -0.1) is 0 Å². The van der Waals surface area contributed by atoms with Crippen molar-refractivity contribution in [1.82, 2.24) is 19.8 Å². The van der Waals surface area contributed by atoms with Gasteiger partial charge in [0.25, 0.3) is 5.56 Å². The Bertz CT molecular complexity index is 1150. The molecule has 3 rings (SSSR count). The Morgan fingerprint density at radius 2 is 1.73 bits per heavy atom. The summed E-state index contributed by atoms with van der Waals surface area (Å²) in [5.74, 6) is -1.06. The molecule has 2 heterocycles. The van der Waals surface area contributed by atoms with Gasteiger partial charge >= 0.3 is 5.69 Å². The van der Waals surface area contributed by atoms with Gasteiger partial charge in [-0.3, -0.25) is 28.7 Å². The molecule has 3 N–H and O–H groups in total. The van der Waals surface area contributed by atoms with Crippen LogP contribution in [0.2, 0.25) is 0 Å². The first-order chi connectivity index (χ1) is 15.7. The third-order valence-electron chi connectivity index (χ3n) is 5.55. The van der Waals surface area contributed by atoms with E-state index in [-0.39, 0.29) is 11.3 Å². The number of carbonyl (C=O) groups excluding carboxylic acids is 3. The van der Waals surface area contributed by atoms with E-state index in [4.69, 9.17) is 0 Å². The summed E-state index contributed by atoms with van der Waals surface area (Å²) in [4.78, 5) is 65.7. The van der Waals surface area contributed by atoms with Crippen LogP contribution in [0.4, 0.5) is 5.69 Å². The summed E-state index contributed by atoms with van der Waals surface area (Å²) in [7, 11) is 0. The Labute approximate surface area is 189 Å². The minimum absolute atomic E-state index is 0.00498. The molecule has 2 aromatic rings. The summed E-state index contributed by atoms with van der Waals surface area (Å²) in [5, 5.41) is 12.1. The number of aliphatic hydroxyl groups is 1. The zero-order chi connectivity index (χ0) is 24.1. The number of nitrogens with zero attached hydrogens (tertiary/aromatic N) is 3. The van der Waals surface area contributed by atoms with Gasteiger partial charge in [0.2, 0.25) is 11.8 Å². The van der Waals surface area contributed by atoms with Crippen molar-refractivity contribution in [3.63, 3.8) is 0 Å². The van der Waals surface area contributed by atoms with Crippen molar-refractivity contribution < 1.29 is 19.5 Å². The summed E-state index contributed by atoms with van der Waals surface area (Å²) >= 11 is 0. The molecule has 11 heteroatoms. The highest BCUT2D eigenvalue weighted by molar-refractivity contribution is 5.94. The van der Waals surface area contributed by atoms with E-state index in [0.29, 0.717) is 31.7 Å². The largest absolute Gasteiger partial charge is 0.394 e. The number of hydrogen-bond donors (Lipinski definition) is 3. The van der Waals surface area contributed by atoms with Gasteiger partial charge in [0.15, 0.2) is 5.78 Å². The number of H-pyrrole nitrogens is 1. The Balaban J connectivity index is 1.56. The third kappa shape index (κ3) is 5.75. The smallest absolute Gasteiger partial charge is 0.328 e. The maximum atomic E-state index is 12.8. The highest BCUT2D eigenvalue weighted by Crippen LogP contribution is 2.18. The highest BCUT2D eigenvalue weighted by atomic mass is 16.3. The number of hydrogen-bond acceptors (Lipinski definition) is 7. The van der Waals surface area contributed by atoms with Crippen LogP contribution in [0.25, 0.3) is 0 Å². The van der Waals surface area contributed by atoms with E-state index in [9.17, 15) is 29.1 Å². The molecule has 33 heavy (non-hydrogen) atoms. The highest BCUT2D eigenvalue weighted by Gasteiger charge is 2.28. The minimum Gasteiger partial charge on any atom is -0.394 e. The van der Waals surface area contributed by atoms with Crippen molar-refractivity contribution in [1.29, 1.82) is 0 Å². The second kappa shape index (κ2) is 10.3. The fraction of sp³-hybridized carbons (Fsp3) is 0.409. The van der Waals surface area contributed by atoms with Crippen LogP contribution >= 0.6 is 0 Å².